The fourth-order valence-electron chi connectivity index (χ4n) is 2.89. The average Bonchev–Trinajstić information content (AvgIpc) is 3.02. The summed E-state index contributed by atoms with van der Waals surface area (Å²) in [7, 11) is 1.72. The van der Waals surface area contributed by atoms with Crippen LogP contribution in [0.1, 0.15) is 16.1 Å². The molecule has 0 bridgehead atoms. The molecule has 0 unspecified atom stereocenters. The predicted octanol–water partition coefficient (Wildman–Crippen LogP) is 1.33. The van der Waals surface area contributed by atoms with Crippen LogP contribution in [0, 0.1) is 6.92 Å². The maximum Gasteiger partial charge on any atom is 0.254 e. The summed E-state index contributed by atoms with van der Waals surface area (Å²) in [5.41, 5.74) is 1.28. The Bertz CT molecular complexity index is 899. The highest BCUT2D eigenvalue weighted by atomic mass is 16.7. The van der Waals surface area contributed by atoms with Gasteiger partial charge in [0.25, 0.3) is 11.5 Å². The van der Waals surface area contributed by atoms with E-state index in [4.69, 9.17) is 14.2 Å². The van der Waals surface area contributed by atoms with Crippen molar-refractivity contribution in [3.8, 4) is 17.2 Å². The van der Waals surface area contributed by atoms with Crippen LogP contribution < -0.4 is 19.8 Å². The molecule has 0 atom stereocenters. The molecule has 0 spiro atoms. The summed E-state index contributed by atoms with van der Waals surface area (Å²) < 4.78 is 17.9. The first kappa shape index (κ1) is 15.6. The minimum atomic E-state index is -0.109. The van der Waals surface area contributed by atoms with Gasteiger partial charge in [-0.3, -0.25) is 9.59 Å². The van der Waals surface area contributed by atoms with Gasteiger partial charge in [0.15, 0.2) is 11.5 Å². The molecule has 4 rings (SSSR count). The minimum absolute atomic E-state index is 0.0710. The van der Waals surface area contributed by atoms with Crippen LogP contribution in [0.4, 0.5) is 0 Å². The number of aryl methyl sites for hydroxylation is 1. The van der Waals surface area contributed by atoms with Crippen molar-refractivity contribution >= 4 is 5.91 Å². The number of likely N-dealkylation sites (tertiary alicyclic amines) is 1. The molecule has 1 saturated heterocycles. The van der Waals surface area contributed by atoms with Gasteiger partial charge in [0.2, 0.25) is 6.79 Å². The Morgan fingerprint density at radius 2 is 1.92 bits per heavy atom. The van der Waals surface area contributed by atoms with Crippen LogP contribution in [0.3, 0.4) is 0 Å². The molecule has 25 heavy (non-hydrogen) atoms. The van der Waals surface area contributed by atoms with Gasteiger partial charge in [0.1, 0.15) is 11.9 Å². The maximum absolute atomic E-state index is 12.5. The summed E-state index contributed by atoms with van der Waals surface area (Å²) in [5.74, 6) is 1.72. The number of aromatic nitrogens is 1. The summed E-state index contributed by atoms with van der Waals surface area (Å²) in [6, 6.07) is 8.46. The van der Waals surface area contributed by atoms with Crippen LogP contribution in [0.25, 0.3) is 0 Å². The molecule has 7 nitrogen and oxygen atoms in total. The van der Waals surface area contributed by atoms with Gasteiger partial charge in [0.05, 0.1) is 13.1 Å². The highest BCUT2D eigenvalue weighted by molar-refractivity contribution is 5.95. The van der Waals surface area contributed by atoms with Gasteiger partial charge >= 0.3 is 0 Å². The van der Waals surface area contributed by atoms with E-state index in [1.807, 2.05) is 13.0 Å². The predicted molar refractivity (Wildman–Crippen MR) is 89.3 cm³/mol. The molecule has 7 heteroatoms. The molecule has 2 aliphatic rings. The number of rotatable bonds is 3. The van der Waals surface area contributed by atoms with E-state index in [0.29, 0.717) is 35.9 Å². The Labute approximate surface area is 144 Å². The van der Waals surface area contributed by atoms with Gasteiger partial charge in [-0.25, -0.2) is 0 Å². The Hall–Kier alpha value is -2.96. The smallest absolute Gasteiger partial charge is 0.254 e. The first-order valence-electron chi connectivity index (χ1n) is 8.04. The summed E-state index contributed by atoms with van der Waals surface area (Å²) >= 11 is 0. The van der Waals surface area contributed by atoms with Gasteiger partial charge in [0, 0.05) is 24.4 Å². The number of nitrogens with zero attached hydrogens (tertiary/aromatic N) is 2. The van der Waals surface area contributed by atoms with Crippen LogP contribution in [0.2, 0.25) is 0 Å². The Morgan fingerprint density at radius 1 is 1.16 bits per heavy atom. The highest BCUT2D eigenvalue weighted by Gasteiger charge is 2.33. The van der Waals surface area contributed by atoms with E-state index < -0.39 is 0 Å². The number of carbonyl (C=O) groups excluding carboxylic acids is 1. The number of fused-ring (bicyclic) bond motifs is 1. The molecule has 1 amide bonds. The molecule has 1 aromatic heterocycles. The molecule has 2 aliphatic heterocycles. The molecule has 130 valence electrons. The number of hydrogen-bond donors (Lipinski definition) is 0. The van der Waals surface area contributed by atoms with E-state index in [1.54, 1.807) is 34.7 Å². The van der Waals surface area contributed by atoms with E-state index in [1.165, 1.54) is 6.07 Å². The van der Waals surface area contributed by atoms with E-state index in [2.05, 4.69) is 0 Å². The minimum Gasteiger partial charge on any atom is -0.486 e. The van der Waals surface area contributed by atoms with Crippen molar-refractivity contribution < 1.29 is 19.0 Å². The first-order chi connectivity index (χ1) is 12.0. The van der Waals surface area contributed by atoms with Crippen molar-refractivity contribution in [2.24, 2.45) is 7.05 Å². The lowest BCUT2D eigenvalue weighted by atomic mass is 10.1. The molecule has 0 N–H and O–H groups in total. The second kappa shape index (κ2) is 5.84. The lowest BCUT2D eigenvalue weighted by Crippen LogP contribution is -2.56. The Kier molecular flexibility index (Phi) is 3.63. The van der Waals surface area contributed by atoms with Gasteiger partial charge < -0.3 is 23.7 Å². The fraction of sp³-hybridized carbons (Fsp3) is 0.333. The standard InChI is InChI=1S/C18H18N2O5/c1-11-5-13(7-17(21)19(11)2)25-14-8-20(9-14)18(22)12-3-4-15-16(6-12)24-10-23-15/h3-7,14H,8-10H2,1-2H3. The van der Waals surface area contributed by atoms with Crippen LogP contribution in [-0.4, -0.2) is 41.4 Å². The number of hydrogen-bond acceptors (Lipinski definition) is 5. The van der Waals surface area contributed by atoms with Crippen LogP contribution in [0.15, 0.2) is 35.1 Å². The summed E-state index contributed by atoms with van der Waals surface area (Å²) in [6.07, 6.45) is -0.107. The van der Waals surface area contributed by atoms with Crippen LogP contribution in [-0.2, 0) is 7.05 Å². The summed E-state index contributed by atoms with van der Waals surface area (Å²) in [4.78, 5) is 26.0. The molecule has 0 aliphatic carbocycles. The van der Waals surface area contributed by atoms with Gasteiger partial charge in [-0.15, -0.1) is 0 Å². The summed E-state index contributed by atoms with van der Waals surface area (Å²) in [6.45, 7) is 3.01. The molecule has 0 radical (unpaired) electrons. The second-order valence-electron chi connectivity index (χ2n) is 6.25. The molecular weight excluding hydrogens is 324 g/mol. The molecule has 0 saturated carbocycles. The van der Waals surface area contributed by atoms with Crippen molar-refractivity contribution in [3.05, 3.63) is 51.9 Å². The molecule has 1 fully saturated rings. The number of benzene rings is 1. The van der Waals surface area contributed by atoms with Crippen molar-refractivity contribution in [2.45, 2.75) is 13.0 Å². The number of ether oxygens (including phenoxy) is 3. The normalized spacial score (nSPS) is 15.8. The number of pyridine rings is 1. The van der Waals surface area contributed by atoms with Crippen LogP contribution in [0.5, 0.6) is 17.2 Å². The molecule has 3 heterocycles. The van der Waals surface area contributed by atoms with Crippen molar-refractivity contribution in [1.29, 1.82) is 0 Å². The topological polar surface area (TPSA) is 70.0 Å². The third-order valence-electron chi connectivity index (χ3n) is 4.53. The molecule has 2 aromatic rings. The zero-order valence-electron chi connectivity index (χ0n) is 14.0. The maximum atomic E-state index is 12.5. The monoisotopic (exact) mass is 342 g/mol. The van der Waals surface area contributed by atoms with Gasteiger partial charge in [-0.1, -0.05) is 0 Å². The summed E-state index contributed by atoms with van der Waals surface area (Å²) in [5, 5.41) is 0. The van der Waals surface area contributed by atoms with Gasteiger partial charge in [-0.2, -0.15) is 0 Å². The number of amides is 1. The quantitative estimate of drug-likeness (QED) is 0.842. The van der Waals surface area contributed by atoms with Gasteiger partial charge in [-0.05, 0) is 31.2 Å². The van der Waals surface area contributed by atoms with E-state index in [9.17, 15) is 9.59 Å². The highest BCUT2D eigenvalue weighted by Crippen LogP contribution is 2.33. The molecule has 1 aromatic carbocycles. The van der Waals surface area contributed by atoms with Crippen LogP contribution >= 0.6 is 0 Å². The first-order valence-corrected chi connectivity index (χ1v) is 8.04. The largest absolute Gasteiger partial charge is 0.486 e. The zero-order valence-corrected chi connectivity index (χ0v) is 14.0. The third-order valence-corrected chi connectivity index (χ3v) is 4.53. The Morgan fingerprint density at radius 3 is 2.68 bits per heavy atom. The fourth-order valence-corrected chi connectivity index (χ4v) is 2.89. The van der Waals surface area contributed by atoms with Crippen molar-refractivity contribution in [1.82, 2.24) is 9.47 Å². The number of carbonyl (C=O) groups is 1. The second-order valence-corrected chi connectivity index (χ2v) is 6.25. The molecular formula is C18H18N2O5. The van der Waals surface area contributed by atoms with Crippen molar-refractivity contribution in [3.63, 3.8) is 0 Å². The SMILES string of the molecule is Cc1cc(OC2CN(C(=O)c3ccc4c(c3)OCO4)C2)cc(=O)n1C. The Balaban J connectivity index is 1.39. The van der Waals surface area contributed by atoms with Crippen molar-refractivity contribution in [2.75, 3.05) is 19.9 Å². The third kappa shape index (κ3) is 2.82. The van der Waals surface area contributed by atoms with E-state index in [-0.39, 0.29) is 24.4 Å². The average molecular weight is 342 g/mol. The zero-order chi connectivity index (χ0) is 17.6. The van der Waals surface area contributed by atoms with E-state index >= 15 is 0 Å². The van der Waals surface area contributed by atoms with E-state index in [0.717, 1.165) is 5.69 Å². The lowest BCUT2D eigenvalue weighted by Gasteiger charge is -2.39. The lowest BCUT2D eigenvalue weighted by molar-refractivity contribution is 0.0176.